The van der Waals surface area contributed by atoms with Crippen LogP contribution in [0.25, 0.3) is 0 Å². The van der Waals surface area contributed by atoms with Crippen molar-refractivity contribution in [3.63, 3.8) is 0 Å². The summed E-state index contributed by atoms with van der Waals surface area (Å²) in [5.74, 6) is -19.8. The van der Waals surface area contributed by atoms with E-state index in [1.165, 1.54) is 0 Å². The highest BCUT2D eigenvalue weighted by atomic mass is 35.5. The Bertz CT molecular complexity index is 1790. The van der Waals surface area contributed by atoms with Crippen LogP contribution >= 0.6 is 92.6 Å². The van der Waals surface area contributed by atoms with E-state index in [0.717, 1.165) is 0 Å². The van der Waals surface area contributed by atoms with E-state index in [1.54, 1.807) is 5.09 Å². The molecule has 0 aliphatic carbocycles. The van der Waals surface area contributed by atoms with Gasteiger partial charge in [0.25, 0.3) is 0 Å². The monoisotopic (exact) mass is 808 g/mol. The molecular formula is C21H45Cl6N6O6P3. The van der Waals surface area contributed by atoms with Gasteiger partial charge < -0.3 is 13.6 Å². The van der Waals surface area contributed by atoms with Gasteiger partial charge in [-0.05, 0) is 19.3 Å². The van der Waals surface area contributed by atoms with Gasteiger partial charge >= 0.3 is 23.0 Å². The van der Waals surface area contributed by atoms with Crippen molar-refractivity contribution in [1.29, 1.82) is 0 Å². The Balaban J connectivity index is 0.000000526. The molecule has 0 aromatic carbocycles. The van der Waals surface area contributed by atoms with E-state index < -0.39 is 126 Å². The van der Waals surface area contributed by atoms with Gasteiger partial charge in [0.05, 0.1) is 22.5 Å². The second kappa shape index (κ2) is 24.2. The Labute approximate surface area is 320 Å². The molecule has 3 saturated heterocycles. The zero-order valence-electron chi connectivity index (χ0n) is 48.9. The van der Waals surface area contributed by atoms with Crippen LogP contribution in [0.5, 0.6) is 0 Å². The Kier molecular flexibility index (Phi) is 9.09. The van der Waals surface area contributed by atoms with Gasteiger partial charge in [-0.15, -0.1) is 69.6 Å². The number of rotatable bonds is 15. The third-order valence-electron chi connectivity index (χ3n) is 4.02. The standard InChI is InChI=1S/3C7H15Cl2N2O2P/c3*8-2-5-11(6-3-9)14(12)10-4-1-7-13-14/h3*1-7H2,(H,10,12)/i2D2,3D2,5D2,6D2,7D2;2D2,3D2,4D2,5D2,6D2;2D2,3D2,5D2,6D2. The number of hydrogen-bond acceptors (Lipinski definition) is 6. The molecule has 3 aliphatic heterocycles. The molecule has 0 radical (unpaired) electrons. The van der Waals surface area contributed by atoms with Crippen molar-refractivity contribution in [2.75, 3.05) is 113 Å². The maximum atomic E-state index is 13.0. The van der Waals surface area contributed by atoms with Gasteiger partial charge in [-0.25, -0.2) is 29.3 Å². The van der Waals surface area contributed by atoms with Crippen LogP contribution in [0.4, 0.5) is 0 Å². The minimum atomic E-state index is -4.97. The average molecular weight is 811 g/mol. The van der Waals surface area contributed by atoms with Crippen molar-refractivity contribution in [2.45, 2.75) is 19.3 Å². The van der Waals surface area contributed by atoms with Gasteiger partial charge in [0.1, 0.15) is 0 Å². The second-order valence-corrected chi connectivity index (χ2v) is 13.6. The lowest BCUT2D eigenvalue weighted by atomic mass is 10.5. The molecule has 21 heteroatoms. The van der Waals surface area contributed by atoms with Gasteiger partial charge in [0, 0.05) is 129 Å². The third-order valence-corrected chi connectivity index (χ3v) is 9.83. The summed E-state index contributed by atoms with van der Waals surface area (Å²) in [6.45, 7) is -27.0. The molecule has 0 aromatic heterocycles. The van der Waals surface area contributed by atoms with Crippen molar-refractivity contribution in [3.05, 3.63) is 0 Å². The first-order valence-electron chi connectivity index (χ1n) is 24.8. The number of alkyl halides is 6. The van der Waals surface area contributed by atoms with Gasteiger partial charge in [-0.3, -0.25) is 13.7 Å². The molecule has 3 heterocycles. The van der Waals surface area contributed by atoms with Crippen LogP contribution < -0.4 is 15.3 Å². The molecule has 3 unspecified atom stereocenters. The first kappa shape index (κ1) is 15.7. The van der Waals surface area contributed by atoms with Crippen molar-refractivity contribution in [2.24, 2.45) is 0 Å². The average Bonchev–Trinajstić information content (AvgIpc) is 3.03. The molecule has 0 bridgehead atoms. The topological polar surface area (TPSA) is 125 Å². The van der Waals surface area contributed by atoms with Crippen LogP contribution in [0.1, 0.15) is 57.6 Å². The van der Waals surface area contributed by atoms with E-state index >= 15 is 0 Å². The van der Waals surface area contributed by atoms with Crippen LogP contribution in [0.2, 0.25) is 0 Å². The summed E-state index contributed by atoms with van der Waals surface area (Å²) < 4.78 is 263. The van der Waals surface area contributed by atoms with Crippen LogP contribution in [0.3, 0.4) is 0 Å². The first-order valence-corrected chi connectivity index (χ1v) is 17.8. The maximum Gasteiger partial charge on any atom is 0.343 e. The summed E-state index contributed by atoms with van der Waals surface area (Å²) in [5, 5.41) is 6.16. The highest BCUT2D eigenvalue weighted by molar-refractivity contribution is 7.55. The van der Waals surface area contributed by atoms with E-state index in [-0.39, 0.29) is 37.2 Å². The zero-order chi connectivity index (χ0) is 56.4. The van der Waals surface area contributed by atoms with Gasteiger partial charge in [0.2, 0.25) is 0 Å². The lowest BCUT2D eigenvalue weighted by molar-refractivity contribution is 0.232. The molecule has 3 fully saturated rings. The van der Waals surface area contributed by atoms with E-state index in [9.17, 15) is 13.7 Å². The van der Waals surface area contributed by atoms with Gasteiger partial charge in [-0.2, -0.15) is 0 Å². The van der Waals surface area contributed by atoms with Crippen LogP contribution in [-0.4, -0.2) is 127 Å². The third kappa shape index (κ3) is 15.3. The van der Waals surface area contributed by atoms with E-state index in [4.69, 9.17) is 117 Å². The lowest BCUT2D eigenvalue weighted by Gasteiger charge is -2.33. The fraction of sp³-hybridized carbons (Fsp3) is 1.00. The largest absolute Gasteiger partial charge is 0.343 e. The second-order valence-electron chi connectivity index (χ2n) is 6.59. The normalized spacial score (nSPS) is 44.6. The Morgan fingerprint density at radius 3 is 1.29 bits per heavy atom. The Morgan fingerprint density at radius 1 is 0.571 bits per heavy atom. The molecule has 3 N–H and O–H groups in total. The molecule has 0 amide bonds. The number of halogens is 6. The van der Waals surface area contributed by atoms with Gasteiger partial charge in [-0.1, -0.05) is 0 Å². The van der Waals surface area contributed by atoms with Crippen molar-refractivity contribution < 1.29 is 65.6 Å². The van der Waals surface area contributed by atoms with Crippen molar-refractivity contribution in [3.8, 4) is 0 Å². The molecule has 252 valence electrons. The van der Waals surface area contributed by atoms with Crippen LogP contribution in [0.15, 0.2) is 0 Å². The molecule has 0 saturated carbocycles. The van der Waals surface area contributed by atoms with Crippen LogP contribution in [0, 0.1) is 0 Å². The zero-order valence-corrected chi connectivity index (χ0v) is 28.1. The fourth-order valence-electron chi connectivity index (χ4n) is 2.42. The smallest absolute Gasteiger partial charge is 0.306 e. The molecular weight excluding hydrogens is 738 g/mol. The van der Waals surface area contributed by atoms with Crippen molar-refractivity contribution >= 4 is 92.6 Å². The number of hydrogen-bond donors (Lipinski definition) is 3. The minimum Gasteiger partial charge on any atom is -0.306 e. The summed E-state index contributed by atoms with van der Waals surface area (Å²) in [6.07, 6.45) is -0.206. The van der Waals surface area contributed by atoms with Gasteiger partial charge in [0.15, 0.2) is 0 Å². The molecule has 12 nitrogen and oxygen atoms in total. The number of nitrogens with one attached hydrogen (secondary N) is 3. The van der Waals surface area contributed by atoms with Crippen LogP contribution in [-0.2, 0) is 27.3 Å². The van der Waals surface area contributed by atoms with Crippen molar-refractivity contribution in [1.82, 2.24) is 29.3 Å². The van der Waals surface area contributed by atoms with E-state index in [2.05, 4.69) is 14.7 Å². The van der Waals surface area contributed by atoms with E-state index in [0.29, 0.717) is 6.42 Å². The highest BCUT2D eigenvalue weighted by Crippen LogP contribution is 2.49. The molecule has 0 aromatic rings. The fourth-order valence-corrected chi connectivity index (χ4v) is 7.41. The van der Waals surface area contributed by atoms with E-state index in [1.807, 2.05) is 0 Å². The maximum absolute atomic E-state index is 13.0. The number of nitrogens with zero attached hydrogens (tertiary/aromatic N) is 3. The summed E-state index contributed by atoms with van der Waals surface area (Å²) >= 11 is 31.9. The Hall–Kier alpha value is 2.07. The minimum absolute atomic E-state index is 0.0799. The highest BCUT2D eigenvalue weighted by Gasteiger charge is 2.34. The lowest BCUT2D eigenvalue weighted by Crippen LogP contribution is -2.35. The summed E-state index contributed by atoms with van der Waals surface area (Å²) in [5.41, 5.74) is 0. The summed E-state index contributed by atoms with van der Waals surface area (Å²) in [7, 11) is -14.4. The molecule has 0 spiro atoms. The predicted molar refractivity (Wildman–Crippen MR) is 178 cm³/mol. The summed E-state index contributed by atoms with van der Waals surface area (Å²) in [4.78, 5) is 0. The predicted octanol–water partition coefficient (Wildman–Crippen LogP) is 5.65. The molecule has 42 heavy (non-hydrogen) atoms. The quantitative estimate of drug-likeness (QED) is 0.140. The molecule has 3 aliphatic rings. The SMILES string of the molecule is [2H]C([2H])(Cl)C([2H])([2H])N(C([2H])([2H])C([2H])([2H])Cl)P1(=O)NCCCO1.[2H]C1([2H])CCNP(=O)(N(C([2H])([2H])C([2H])([2H])Cl)C([2H])([2H])C([2H])([2H])Cl)O1.[2H]C1([2H])CCOP(=O)(N(C([2H])([2H])C([2H])([2H])Cl)C([2H])([2H])C([2H])([2H])Cl)N1. The Morgan fingerprint density at radius 2 is 0.929 bits per heavy atom. The summed E-state index contributed by atoms with van der Waals surface area (Å²) in [6, 6.07) is 0. The first-order chi connectivity index (χ1) is 30.1. The molecule has 3 atom stereocenters. The molecule has 3 rings (SSSR count).